The van der Waals surface area contributed by atoms with Crippen LogP contribution in [0.1, 0.15) is 58.3 Å². The topological polar surface area (TPSA) is 104 Å². The van der Waals surface area contributed by atoms with Crippen molar-refractivity contribution in [3.8, 4) is 0 Å². The van der Waals surface area contributed by atoms with E-state index in [2.05, 4.69) is 5.32 Å². The van der Waals surface area contributed by atoms with Crippen molar-refractivity contribution in [3.63, 3.8) is 0 Å². The summed E-state index contributed by atoms with van der Waals surface area (Å²) >= 11 is 0. The van der Waals surface area contributed by atoms with Crippen LogP contribution < -0.4 is 5.32 Å². The maximum absolute atomic E-state index is 12.6. The van der Waals surface area contributed by atoms with E-state index < -0.39 is 22.0 Å². The molecule has 7 nitrogen and oxygen atoms in total. The summed E-state index contributed by atoms with van der Waals surface area (Å²) in [6, 6.07) is -0.668. The highest BCUT2D eigenvalue weighted by atomic mass is 32.2. The molecule has 0 radical (unpaired) electrons. The third-order valence-electron chi connectivity index (χ3n) is 5.00. The van der Waals surface area contributed by atoms with E-state index in [0.29, 0.717) is 45.1 Å². The lowest BCUT2D eigenvalue weighted by molar-refractivity contribution is -0.142. The van der Waals surface area contributed by atoms with E-state index in [9.17, 15) is 18.0 Å². The standard InChI is InChI=1S/C16H28N2O5S/c1-2-11-24(22,23)18-10-4-3-5-14(18)15(19)17-13-8-6-12(7-9-13)16(20)21/h12-14H,2-11H2,1H3,(H,17,19)(H,20,21). The highest BCUT2D eigenvalue weighted by Gasteiger charge is 2.37. The lowest BCUT2D eigenvalue weighted by Gasteiger charge is -2.35. The van der Waals surface area contributed by atoms with Gasteiger partial charge in [0.05, 0.1) is 11.7 Å². The Bertz CT molecular complexity index is 555. The maximum Gasteiger partial charge on any atom is 0.306 e. The van der Waals surface area contributed by atoms with Gasteiger partial charge in [-0.1, -0.05) is 13.3 Å². The fourth-order valence-corrected chi connectivity index (χ4v) is 5.40. The van der Waals surface area contributed by atoms with E-state index >= 15 is 0 Å². The first-order chi connectivity index (χ1) is 11.3. The Balaban J connectivity index is 1.96. The lowest BCUT2D eigenvalue weighted by Crippen LogP contribution is -2.54. The Kier molecular flexibility index (Phi) is 6.62. The van der Waals surface area contributed by atoms with Gasteiger partial charge >= 0.3 is 5.97 Å². The van der Waals surface area contributed by atoms with Crippen molar-refractivity contribution < 1.29 is 23.1 Å². The number of carbonyl (C=O) groups excluding carboxylic acids is 1. The maximum atomic E-state index is 12.6. The molecule has 1 amide bonds. The average molecular weight is 360 g/mol. The molecule has 1 saturated carbocycles. The lowest BCUT2D eigenvalue weighted by atomic mass is 9.86. The summed E-state index contributed by atoms with van der Waals surface area (Å²) < 4.78 is 26.2. The number of carboxylic acid groups (broad SMARTS) is 1. The molecular formula is C16H28N2O5S. The molecule has 2 aliphatic rings. The Morgan fingerprint density at radius 2 is 1.79 bits per heavy atom. The predicted octanol–water partition coefficient (Wildman–Crippen LogP) is 1.34. The van der Waals surface area contributed by atoms with E-state index in [1.807, 2.05) is 6.92 Å². The minimum Gasteiger partial charge on any atom is -0.481 e. The van der Waals surface area contributed by atoms with Gasteiger partial charge in [0.1, 0.15) is 6.04 Å². The summed E-state index contributed by atoms with van der Waals surface area (Å²) in [5.41, 5.74) is 0. The van der Waals surface area contributed by atoms with Crippen LogP contribution in [0.5, 0.6) is 0 Å². The van der Waals surface area contributed by atoms with Crippen molar-refractivity contribution in [3.05, 3.63) is 0 Å². The van der Waals surface area contributed by atoms with Crippen LogP contribution in [0, 0.1) is 5.92 Å². The number of nitrogens with one attached hydrogen (secondary N) is 1. The molecule has 2 rings (SSSR count). The molecule has 1 atom stereocenters. The molecule has 0 aromatic rings. The molecule has 2 N–H and O–H groups in total. The summed E-state index contributed by atoms with van der Waals surface area (Å²) in [5, 5.41) is 12.0. The second-order valence-electron chi connectivity index (χ2n) is 6.83. The Labute approximate surface area is 143 Å². The molecule has 1 aliphatic carbocycles. The summed E-state index contributed by atoms with van der Waals surface area (Å²) in [4.78, 5) is 23.6. The van der Waals surface area contributed by atoms with Crippen molar-refractivity contribution in [2.75, 3.05) is 12.3 Å². The highest BCUT2D eigenvalue weighted by molar-refractivity contribution is 7.89. The van der Waals surface area contributed by atoms with Gasteiger partial charge in [-0.3, -0.25) is 9.59 Å². The minimum atomic E-state index is -3.39. The summed E-state index contributed by atoms with van der Waals surface area (Å²) in [7, 11) is -3.39. The minimum absolute atomic E-state index is 0.0502. The van der Waals surface area contributed by atoms with E-state index in [4.69, 9.17) is 5.11 Å². The van der Waals surface area contributed by atoms with Gasteiger partial charge in [-0.15, -0.1) is 0 Å². The Morgan fingerprint density at radius 3 is 2.38 bits per heavy atom. The Morgan fingerprint density at radius 1 is 1.12 bits per heavy atom. The van der Waals surface area contributed by atoms with Crippen LogP contribution >= 0.6 is 0 Å². The Hall–Kier alpha value is -1.15. The summed E-state index contributed by atoms with van der Waals surface area (Å²) in [6.07, 6.45) is 5.11. The van der Waals surface area contributed by atoms with E-state index in [1.165, 1.54) is 4.31 Å². The number of hydrogen-bond acceptors (Lipinski definition) is 4. The van der Waals surface area contributed by atoms with Crippen LogP contribution in [0.4, 0.5) is 0 Å². The zero-order valence-corrected chi connectivity index (χ0v) is 15.1. The zero-order chi connectivity index (χ0) is 17.7. The van der Waals surface area contributed by atoms with Crippen LogP contribution in [0.15, 0.2) is 0 Å². The molecule has 8 heteroatoms. The van der Waals surface area contributed by atoms with Crippen LogP contribution in [-0.2, 0) is 19.6 Å². The van der Waals surface area contributed by atoms with Crippen LogP contribution in [0.25, 0.3) is 0 Å². The fourth-order valence-electron chi connectivity index (χ4n) is 3.66. The van der Waals surface area contributed by atoms with Gasteiger partial charge in [0.25, 0.3) is 0 Å². The average Bonchev–Trinajstić information content (AvgIpc) is 2.55. The SMILES string of the molecule is CCCS(=O)(=O)N1CCCCC1C(=O)NC1CCC(C(=O)O)CC1. The molecule has 1 unspecified atom stereocenters. The first kappa shape index (κ1) is 19.2. The van der Waals surface area contributed by atoms with Crippen molar-refractivity contribution in [1.29, 1.82) is 0 Å². The molecule has 1 saturated heterocycles. The number of sulfonamides is 1. The fraction of sp³-hybridized carbons (Fsp3) is 0.875. The van der Waals surface area contributed by atoms with Crippen molar-refractivity contribution >= 4 is 21.9 Å². The molecule has 0 spiro atoms. The van der Waals surface area contributed by atoms with Gasteiger partial charge in [0, 0.05) is 12.6 Å². The molecule has 0 aromatic heterocycles. The van der Waals surface area contributed by atoms with Crippen molar-refractivity contribution in [2.24, 2.45) is 5.92 Å². The van der Waals surface area contributed by atoms with Gasteiger partial charge in [-0.05, 0) is 44.9 Å². The smallest absolute Gasteiger partial charge is 0.306 e. The first-order valence-corrected chi connectivity index (χ1v) is 10.5. The van der Waals surface area contributed by atoms with E-state index in [0.717, 1.165) is 12.8 Å². The van der Waals surface area contributed by atoms with Gasteiger partial charge in [0.15, 0.2) is 0 Å². The zero-order valence-electron chi connectivity index (χ0n) is 14.2. The van der Waals surface area contributed by atoms with Crippen molar-refractivity contribution in [2.45, 2.75) is 70.4 Å². The van der Waals surface area contributed by atoms with Gasteiger partial charge < -0.3 is 10.4 Å². The molecule has 0 bridgehead atoms. The van der Waals surface area contributed by atoms with E-state index in [1.54, 1.807) is 0 Å². The number of rotatable bonds is 6. The first-order valence-electron chi connectivity index (χ1n) is 8.88. The normalized spacial score (nSPS) is 29.1. The van der Waals surface area contributed by atoms with Crippen molar-refractivity contribution in [1.82, 2.24) is 9.62 Å². The quantitative estimate of drug-likeness (QED) is 0.744. The van der Waals surface area contributed by atoms with Crippen LogP contribution in [-0.4, -0.2) is 54.1 Å². The van der Waals surface area contributed by atoms with Gasteiger partial charge in [-0.2, -0.15) is 4.31 Å². The summed E-state index contributed by atoms with van der Waals surface area (Å²) in [6.45, 7) is 2.23. The number of carbonyl (C=O) groups is 2. The second kappa shape index (κ2) is 8.29. The van der Waals surface area contributed by atoms with Crippen LogP contribution in [0.3, 0.4) is 0 Å². The second-order valence-corrected chi connectivity index (χ2v) is 8.87. The third-order valence-corrected chi connectivity index (χ3v) is 7.07. The molecule has 1 heterocycles. The number of nitrogens with zero attached hydrogens (tertiary/aromatic N) is 1. The number of hydrogen-bond donors (Lipinski definition) is 2. The number of aliphatic carboxylic acids is 1. The molecular weight excluding hydrogens is 332 g/mol. The number of carboxylic acids is 1. The largest absolute Gasteiger partial charge is 0.481 e. The summed E-state index contributed by atoms with van der Waals surface area (Å²) in [5.74, 6) is -1.26. The van der Waals surface area contributed by atoms with Crippen LogP contribution in [0.2, 0.25) is 0 Å². The predicted molar refractivity (Wildman–Crippen MR) is 89.9 cm³/mol. The third kappa shape index (κ3) is 4.69. The molecule has 0 aromatic carbocycles. The molecule has 24 heavy (non-hydrogen) atoms. The molecule has 1 aliphatic heterocycles. The molecule has 138 valence electrons. The van der Waals surface area contributed by atoms with E-state index in [-0.39, 0.29) is 23.6 Å². The monoisotopic (exact) mass is 360 g/mol. The number of piperidine rings is 1. The van der Waals surface area contributed by atoms with Gasteiger partial charge in [-0.25, -0.2) is 8.42 Å². The highest BCUT2D eigenvalue weighted by Crippen LogP contribution is 2.26. The van der Waals surface area contributed by atoms with Gasteiger partial charge in [0.2, 0.25) is 15.9 Å². The number of amides is 1. The molecule has 2 fully saturated rings.